The summed E-state index contributed by atoms with van der Waals surface area (Å²) in [4.78, 5) is 17.1. The maximum Gasteiger partial charge on any atom is 0.253 e. The summed E-state index contributed by atoms with van der Waals surface area (Å²) in [6.45, 7) is 10.4. The monoisotopic (exact) mass is 386 g/mol. The molecule has 1 amide bonds. The fraction of sp³-hybridized carbons (Fsp3) is 0.444. The number of rotatable bonds is 5. The number of pyridine rings is 1. The number of nitrogens with two attached hydrogens (primary N) is 1. The fourth-order valence-corrected chi connectivity index (χ4v) is 2.59. The Hall–Kier alpha value is -1.56. The third-order valence-corrected chi connectivity index (χ3v) is 4.65. The highest BCUT2D eigenvalue weighted by atomic mass is 35.5. The van der Waals surface area contributed by atoms with Crippen molar-refractivity contribution >= 4 is 30.7 Å². The molecule has 2 aromatic heterocycles. The zero-order valence-corrected chi connectivity index (χ0v) is 17.0. The van der Waals surface area contributed by atoms with Gasteiger partial charge in [-0.3, -0.25) is 4.79 Å². The Labute approximate surface area is 162 Å². The van der Waals surface area contributed by atoms with Gasteiger partial charge in [0.1, 0.15) is 5.82 Å². The number of halogens is 2. The minimum atomic E-state index is -0.426. The van der Waals surface area contributed by atoms with E-state index in [1.54, 1.807) is 6.20 Å². The van der Waals surface area contributed by atoms with Crippen LogP contribution < -0.4 is 11.1 Å². The first-order valence-corrected chi connectivity index (χ1v) is 7.93. The Bertz CT molecular complexity index is 701. The van der Waals surface area contributed by atoms with E-state index in [0.717, 1.165) is 17.2 Å². The van der Waals surface area contributed by atoms with Gasteiger partial charge in [-0.15, -0.1) is 24.8 Å². The van der Waals surface area contributed by atoms with Crippen molar-refractivity contribution in [3.8, 4) is 5.82 Å². The minimum absolute atomic E-state index is 0. The average molecular weight is 387 g/mol. The molecule has 0 aliphatic rings. The molecule has 1 unspecified atom stereocenters. The maximum atomic E-state index is 12.7. The number of aryl methyl sites for hydroxylation is 1. The molecule has 0 spiro atoms. The Morgan fingerprint density at radius 3 is 2.44 bits per heavy atom. The molecule has 5 nitrogen and oxygen atoms in total. The van der Waals surface area contributed by atoms with Gasteiger partial charge in [-0.25, -0.2) is 4.98 Å². The van der Waals surface area contributed by atoms with Crippen LogP contribution in [0.4, 0.5) is 0 Å². The van der Waals surface area contributed by atoms with Crippen molar-refractivity contribution in [2.75, 3.05) is 6.54 Å². The summed E-state index contributed by atoms with van der Waals surface area (Å²) in [5, 5.41) is 3.09. The number of amides is 1. The molecule has 1 atom stereocenters. The molecular formula is C18H28Cl2N4O. The molecule has 2 rings (SSSR count). The lowest BCUT2D eigenvalue weighted by Gasteiger charge is -2.33. The van der Waals surface area contributed by atoms with Crippen LogP contribution in [-0.4, -0.2) is 27.5 Å². The standard InChI is InChI=1S/C18H26N4O.2ClH/c1-12(2)18(5,11-19)21-17(23)15-10-13(3)22(14(15)4)16-8-6-7-9-20-16;;/h6-10,12H,11,19H2,1-5H3,(H,21,23);2*1H. The van der Waals surface area contributed by atoms with E-state index in [1.807, 2.05) is 49.6 Å². The topological polar surface area (TPSA) is 72.9 Å². The quantitative estimate of drug-likeness (QED) is 0.826. The zero-order valence-electron chi connectivity index (χ0n) is 15.4. The normalized spacial score (nSPS) is 12.8. The third kappa shape index (κ3) is 4.75. The van der Waals surface area contributed by atoms with E-state index < -0.39 is 5.54 Å². The van der Waals surface area contributed by atoms with Crippen molar-refractivity contribution in [1.82, 2.24) is 14.9 Å². The van der Waals surface area contributed by atoms with E-state index in [2.05, 4.69) is 24.1 Å². The first-order valence-electron chi connectivity index (χ1n) is 7.93. The van der Waals surface area contributed by atoms with Gasteiger partial charge in [0.05, 0.1) is 11.1 Å². The molecule has 2 aromatic rings. The van der Waals surface area contributed by atoms with Gasteiger partial charge in [0.2, 0.25) is 0 Å². The van der Waals surface area contributed by atoms with Crippen LogP contribution in [0.3, 0.4) is 0 Å². The van der Waals surface area contributed by atoms with Crippen LogP contribution in [0.5, 0.6) is 0 Å². The van der Waals surface area contributed by atoms with Gasteiger partial charge in [-0.05, 0) is 44.9 Å². The van der Waals surface area contributed by atoms with Crippen LogP contribution >= 0.6 is 24.8 Å². The largest absolute Gasteiger partial charge is 0.345 e. The number of nitrogens with zero attached hydrogens (tertiary/aromatic N) is 2. The fourth-order valence-electron chi connectivity index (χ4n) is 2.59. The van der Waals surface area contributed by atoms with Crippen LogP contribution in [0.2, 0.25) is 0 Å². The van der Waals surface area contributed by atoms with Gasteiger partial charge < -0.3 is 15.6 Å². The lowest BCUT2D eigenvalue weighted by Crippen LogP contribution is -2.55. The number of nitrogens with one attached hydrogen (secondary N) is 1. The van der Waals surface area contributed by atoms with E-state index in [9.17, 15) is 4.79 Å². The molecule has 2 heterocycles. The Morgan fingerprint density at radius 1 is 1.32 bits per heavy atom. The summed E-state index contributed by atoms with van der Waals surface area (Å²) in [5.41, 5.74) is 7.96. The van der Waals surface area contributed by atoms with Crippen LogP contribution in [0.1, 0.15) is 42.5 Å². The van der Waals surface area contributed by atoms with Crippen molar-refractivity contribution in [3.63, 3.8) is 0 Å². The molecule has 0 aliphatic heterocycles. The van der Waals surface area contributed by atoms with Crippen molar-refractivity contribution in [1.29, 1.82) is 0 Å². The van der Waals surface area contributed by atoms with Crippen LogP contribution in [-0.2, 0) is 0 Å². The highest BCUT2D eigenvalue weighted by Crippen LogP contribution is 2.21. The molecule has 0 aromatic carbocycles. The van der Waals surface area contributed by atoms with E-state index in [-0.39, 0.29) is 36.6 Å². The second kappa shape index (κ2) is 9.22. The molecule has 3 N–H and O–H groups in total. The predicted molar refractivity (Wildman–Crippen MR) is 107 cm³/mol. The molecule has 25 heavy (non-hydrogen) atoms. The molecule has 0 aliphatic carbocycles. The van der Waals surface area contributed by atoms with Gasteiger partial charge in [-0.2, -0.15) is 0 Å². The Morgan fingerprint density at radius 2 is 1.96 bits per heavy atom. The highest BCUT2D eigenvalue weighted by Gasteiger charge is 2.30. The molecule has 0 fully saturated rings. The van der Waals surface area contributed by atoms with Gasteiger partial charge in [0.25, 0.3) is 5.91 Å². The third-order valence-electron chi connectivity index (χ3n) is 4.65. The molecule has 7 heteroatoms. The second-order valence-electron chi connectivity index (χ2n) is 6.54. The lowest BCUT2D eigenvalue weighted by molar-refractivity contribution is 0.0882. The predicted octanol–water partition coefficient (Wildman–Crippen LogP) is 3.44. The number of aromatic nitrogens is 2. The van der Waals surface area contributed by atoms with Gasteiger partial charge in [-0.1, -0.05) is 19.9 Å². The summed E-state index contributed by atoms with van der Waals surface area (Å²) >= 11 is 0. The summed E-state index contributed by atoms with van der Waals surface area (Å²) in [5.74, 6) is 0.963. The summed E-state index contributed by atoms with van der Waals surface area (Å²) in [6, 6.07) is 7.64. The number of carbonyl (C=O) groups is 1. The molecule has 0 bridgehead atoms. The zero-order chi connectivity index (χ0) is 17.2. The van der Waals surface area contributed by atoms with Gasteiger partial charge in [0, 0.05) is 24.1 Å². The van der Waals surface area contributed by atoms with Crippen molar-refractivity contribution < 1.29 is 4.79 Å². The SMILES string of the molecule is Cc1cc(C(=O)NC(C)(CN)C(C)C)c(C)n1-c1ccccn1.Cl.Cl. The van der Waals surface area contributed by atoms with Crippen molar-refractivity contribution in [2.45, 2.75) is 40.2 Å². The molecule has 140 valence electrons. The summed E-state index contributed by atoms with van der Waals surface area (Å²) < 4.78 is 1.99. The summed E-state index contributed by atoms with van der Waals surface area (Å²) in [6.07, 6.45) is 1.75. The van der Waals surface area contributed by atoms with Crippen LogP contribution in [0.25, 0.3) is 5.82 Å². The second-order valence-corrected chi connectivity index (χ2v) is 6.54. The Balaban J connectivity index is 0.00000288. The van der Waals surface area contributed by atoms with Gasteiger partial charge >= 0.3 is 0 Å². The molecule has 0 saturated heterocycles. The van der Waals surface area contributed by atoms with E-state index in [4.69, 9.17) is 5.73 Å². The number of hydrogen-bond acceptors (Lipinski definition) is 3. The smallest absolute Gasteiger partial charge is 0.253 e. The van der Waals surface area contributed by atoms with Crippen molar-refractivity contribution in [3.05, 3.63) is 47.4 Å². The number of carbonyl (C=O) groups excluding carboxylic acids is 1. The number of hydrogen-bond donors (Lipinski definition) is 2. The van der Waals surface area contributed by atoms with E-state index in [0.29, 0.717) is 12.1 Å². The molecule has 0 saturated carbocycles. The highest BCUT2D eigenvalue weighted by molar-refractivity contribution is 5.96. The summed E-state index contributed by atoms with van der Waals surface area (Å²) in [7, 11) is 0. The van der Waals surface area contributed by atoms with Crippen LogP contribution in [0.15, 0.2) is 30.5 Å². The molecular weight excluding hydrogens is 359 g/mol. The Kier molecular flexibility index (Phi) is 8.65. The first-order chi connectivity index (χ1) is 10.8. The van der Waals surface area contributed by atoms with E-state index in [1.165, 1.54) is 0 Å². The lowest BCUT2D eigenvalue weighted by atomic mass is 9.88. The average Bonchev–Trinajstić information content (AvgIpc) is 2.82. The molecule has 0 radical (unpaired) electrons. The van der Waals surface area contributed by atoms with Crippen LogP contribution in [0, 0.1) is 19.8 Å². The maximum absolute atomic E-state index is 12.7. The van der Waals surface area contributed by atoms with Crippen molar-refractivity contribution in [2.24, 2.45) is 11.7 Å². The van der Waals surface area contributed by atoms with Gasteiger partial charge in [0.15, 0.2) is 0 Å². The first kappa shape index (κ1) is 23.4. The minimum Gasteiger partial charge on any atom is -0.345 e. The van der Waals surface area contributed by atoms with E-state index >= 15 is 0 Å².